The minimum absolute atomic E-state index is 0.238. The van der Waals surface area contributed by atoms with Crippen molar-refractivity contribution in [1.29, 1.82) is 0 Å². The molecule has 7 heteroatoms. The van der Waals surface area contributed by atoms with Crippen molar-refractivity contribution in [2.75, 3.05) is 26.2 Å². The summed E-state index contributed by atoms with van der Waals surface area (Å²) in [5.41, 5.74) is 2.63. The fraction of sp³-hybridized carbons (Fsp3) is 0.333. The van der Waals surface area contributed by atoms with Gasteiger partial charge in [0, 0.05) is 49.4 Å². The van der Waals surface area contributed by atoms with Gasteiger partial charge in [-0.15, -0.1) is 0 Å². The van der Waals surface area contributed by atoms with E-state index in [-0.39, 0.29) is 17.9 Å². The molecule has 31 heavy (non-hydrogen) atoms. The van der Waals surface area contributed by atoms with Crippen molar-refractivity contribution in [2.24, 2.45) is 0 Å². The third kappa shape index (κ3) is 4.36. The van der Waals surface area contributed by atoms with E-state index in [0.717, 1.165) is 19.6 Å². The largest absolute Gasteiger partial charge is 0.364 e. The van der Waals surface area contributed by atoms with Crippen molar-refractivity contribution in [2.45, 2.75) is 26.4 Å². The van der Waals surface area contributed by atoms with Crippen LogP contribution in [-0.2, 0) is 16.1 Å². The zero-order valence-electron chi connectivity index (χ0n) is 17.6. The standard InChI is InChI=1S/C24H25Cl2N3O2/c1-16(2)29-23(30)21(19-9-8-18(25)14-20(19)26)22(24(29)31)28-12-10-27(11-13-28)15-17-6-4-3-5-7-17/h3-9,14,16H,10-13,15H2,1-2H3. The van der Waals surface area contributed by atoms with Crippen LogP contribution in [-0.4, -0.2) is 58.7 Å². The first-order valence-corrected chi connectivity index (χ1v) is 11.2. The van der Waals surface area contributed by atoms with Crippen molar-refractivity contribution in [1.82, 2.24) is 14.7 Å². The van der Waals surface area contributed by atoms with E-state index in [0.29, 0.717) is 40.0 Å². The van der Waals surface area contributed by atoms with E-state index in [2.05, 4.69) is 17.0 Å². The SMILES string of the molecule is CC(C)N1C(=O)C(c2ccc(Cl)cc2Cl)=C(N2CCN(Cc3ccccc3)CC2)C1=O. The summed E-state index contributed by atoms with van der Waals surface area (Å²) in [5, 5.41) is 0.859. The van der Waals surface area contributed by atoms with Gasteiger partial charge < -0.3 is 4.90 Å². The van der Waals surface area contributed by atoms with Gasteiger partial charge in [-0.05, 0) is 31.5 Å². The molecule has 2 heterocycles. The van der Waals surface area contributed by atoms with Gasteiger partial charge >= 0.3 is 0 Å². The average Bonchev–Trinajstić information content (AvgIpc) is 2.99. The number of hydrogen-bond donors (Lipinski definition) is 0. The van der Waals surface area contributed by atoms with Gasteiger partial charge in [0.15, 0.2) is 0 Å². The highest BCUT2D eigenvalue weighted by Gasteiger charge is 2.43. The van der Waals surface area contributed by atoms with Crippen LogP contribution >= 0.6 is 23.2 Å². The molecule has 162 valence electrons. The first kappa shape index (κ1) is 21.9. The number of carbonyl (C=O) groups excluding carboxylic acids is 2. The summed E-state index contributed by atoms with van der Waals surface area (Å²) in [6.07, 6.45) is 0. The molecule has 0 aliphatic carbocycles. The van der Waals surface area contributed by atoms with Crippen LogP contribution in [0.1, 0.15) is 25.0 Å². The number of carbonyl (C=O) groups is 2. The molecule has 2 aliphatic heterocycles. The molecular formula is C24H25Cl2N3O2. The highest BCUT2D eigenvalue weighted by atomic mass is 35.5. The van der Waals surface area contributed by atoms with Crippen molar-refractivity contribution < 1.29 is 9.59 Å². The maximum absolute atomic E-state index is 13.3. The minimum Gasteiger partial charge on any atom is -0.364 e. The monoisotopic (exact) mass is 457 g/mol. The second-order valence-corrected chi connectivity index (χ2v) is 9.01. The fourth-order valence-electron chi connectivity index (χ4n) is 4.20. The number of rotatable bonds is 5. The molecule has 5 nitrogen and oxygen atoms in total. The lowest BCUT2D eigenvalue weighted by molar-refractivity contribution is -0.139. The maximum atomic E-state index is 13.3. The molecule has 0 aromatic heterocycles. The maximum Gasteiger partial charge on any atom is 0.278 e. The number of hydrogen-bond acceptors (Lipinski definition) is 4. The van der Waals surface area contributed by atoms with Gasteiger partial charge in [-0.25, -0.2) is 0 Å². The first-order chi connectivity index (χ1) is 14.9. The van der Waals surface area contributed by atoms with Gasteiger partial charge in [0.2, 0.25) is 0 Å². The number of halogens is 2. The molecule has 0 radical (unpaired) electrons. The van der Waals surface area contributed by atoms with Crippen LogP contribution in [0, 0.1) is 0 Å². The summed E-state index contributed by atoms with van der Waals surface area (Å²) in [7, 11) is 0. The van der Waals surface area contributed by atoms with Crippen LogP contribution in [0.2, 0.25) is 10.0 Å². The smallest absolute Gasteiger partial charge is 0.278 e. The molecule has 1 saturated heterocycles. The number of imide groups is 1. The molecule has 2 aliphatic rings. The third-order valence-electron chi connectivity index (χ3n) is 5.75. The molecule has 4 rings (SSSR count). The predicted molar refractivity (Wildman–Crippen MR) is 124 cm³/mol. The topological polar surface area (TPSA) is 43.9 Å². The number of piperazine rings is 1. The molecule has 1 fully saturated rings. The fourth-order valence-corrected chi connectivity index (χ4v) is 4.71. The van der Waals surface area contributed by atoms with Gasteiger partial charge in [-0.1, -0.05) is 59.6 Å². The highest BCUT2D eigenvalue weighted by molar-refractivity contribution is 6.41. The lowest BCUT2D eigenvalue weighted by Crippen LogP contribution is -2.47. The summed E-state index contributed by atoms with van der Waals surface area (Å²) >= 11 is 12.5. The summed E-state index contributed by atoms with van der Waals surface area (Å²) in [6, 6.07) is 15.1. The molecule has 0 unspecified atom stereocenters. The molecule has 0 bridgehead atoms. The van der Waals surface area contributed by atoms with Crippen molar-refractivity contribution >= 4 is 40.6 Å². The van der Waals surface area contributed by atoms with E-state index in [1.165, 1.54) is 10.5 Å². The predicted octanol–water partition coefficient (Wildman–Crippen LogP) is 4.30. The molecule has 2 aromatic rings. The van der Waals surface area contributed by atoms with Gasteiger partial charge in [-0.3, -0.25) is 19.4 Å². The lowest BCUT2D eigenvalue weighted by Gasteiger charge is -2.36. The van der Waals surface area contributed by atoms with E-state index in [1.807, 2.05) is 36.9 Å². The first-order valence-electron chi connectivity index (χ1n) is 10.5. The van der Waals surface area contributed by atoms with Crippen LogP contribution in [0.4, 0.5) is 0 Å². The zero-order valence-corrected chi connectivity index (χ0v) is 19.2. The Kier molecular flexibility index (Phi) is 6.37. The Labute approximate surface area is 192 Å². The van der Waals surface area contributed by atoms with Crippen LogP contribution in [0.15, 0.2) is 54.2 Å². The van der Waals surface area contributed by atoms with E-state index >= 15 is 0 Å². The van der Waals surface area contributed by atoms with Gasteiger partial charge in [0.25, 0.3) is 11.8 Å². The Balaban J connectivity index is 1.62. The molecule has 0 saturated carbocycles. The van der Waals surface area contributed by atoms with Crippen molar-refractivity contribution in [3.05, 3.63) is 75.4 Å². The zero-order chi connectivity index (χ0) is 22.1. The van der Waals surface area contributed by atoms with E-state index < -0.39 is 0 Å². The molecule has 0 spiro atoms. The van der Waals surface area contributed by atoms with Crippen LogP contribution < -0.4 is 0 Å². The lowest BCUT2D eigenvalue weighted by atomic mass is 10.0. The van der Waals surface area contributed by atoms with Crippen LogP contribution in [0.3, 0.4) is 0 Å². The minimum atomic E-state index is -0.300. The Bertz CT molecular complexity index is 1030. The molecular weight excluding hydrogens is 433 g/mol. The van der Waals surface area contributed by atoms with E-state index in [1.54, 1.807) is 18.2 Å². The van der Waals surface area contributed by atoms with Crippen molar-refractivity contribution in [3.63, 3.8) is 0 Å². The summed E-state index contributed by atoms with van der Waals surface area (Å²) < 4.78 is 0. The molecule has 2 amide bonds. The second kappa shape index (κ2) is 9.03. The highest BCUT2D eigenvalue weighted by Crippen LogP contribution is 2.37. The van der Waals surface area contributed by atoms with Crippen molar-refractivity contribution in [3.8, 4) is 0 Å². The Hall–Kier alpha value is -2.34. The summed E-state index contributed by atoms with van der Waals surface area (Å²) in [4.78, 5) is 32.3. The Morgan fingerprint density at radius 2 is 1.58 bits per heavy atom. The quantitative estimate of drug-likeness (QED) is 0.627. The number of nitrogens with zero attached hydrogens (tertiary/aromatic N) is 3. The third-order valence-corrected chi connectivity index (χ3v) is 6.29. The van der Waals surface area contributed by atoms with Gasteiger partial charge in [0.05, 0.1) is 10.6 Å². The Morgan fingerprint density at radius 1 is 0.903 bits per heavy atom. The summed E-state index contributed by atoms with van der Waals surface area (Å²) in [5.74, 6) is -0.552. The number of amides is 2. The van der Waals surface area contributed by atoms with E-state index in [9.17, 15) is 9.59 Å². The van der Waals surface area contributed by atoms with E-state index in [4.69, 9.17) is 23.2 Å². The van der Waals surface area contributed by atoms with Gasteiger partial charge in [-0.2, -0.15) is 0 Å². The van der Waals surface area contributed by atoms with Crippen LogP contribution in [0.25, 0.3) is 5.57 Å². The van der Waals surface area contributed by atoms with Crippen LogP contribution in [0.5, 0.6) is 0 Å². The molecule has 2 aromatic carbocycles. The number of benzene rings is 2. The van der Waals surface area contributed by atoms with Gasteiger partial charge in [0.1, 0.15) is 5.70 Å². The molecule has 0 N–H and O–H groups in total. The summed E-state index contributed by atoms with van der Waals surface area (Å²) in [6.45, 7) is 7.51. The molecule has 0 atom stereocenters. The second-order valence-electron chi connectivity index (χ2n) is 8.17. The normalized spacial score (nSPS) is 18.0. The average molecular weight is 458 g/mol. The Morgan fingerprint density at radius 3 is 2.19 bits per heavy atom.